The summed E-state index contributed by atoms with van der Waals surface area (Å²) < 4.78 is 27.4. The molecule has 0 saturated heterocycles. The van der Waals surface area contributed by atoms with Crippen molar-refractivity contribution in [3.8, 4) is 0 Å². The van der Waals surface area contributed by atoms with Crippen molar-refractivity contribution in [2.75, 3.05) is 0 Å². The van der Waals surface area contributed by atoms with Crippen LogP contribution >= 0.6 is 0 Å². The molecule has 0 aliphatic heterocycles. The summed E-state index contributed by atoms with van der Waals surface area (Å²) in [5, 5.41) is 5.02. The Hall–Kier alpha value is -1.40. The number of nitrogens with two attached hydrogens (primary N) is 1. The van der Waals surface area contributed by atoms with Gasteiger partial charge in [0.2, 0.25) is 10.0 Å². The molecular formula is C8H8N2O3S. The third-order valence-electron chi connectivity index (χ3n) is 1.79. The van der Waals surface area contributed by atoms with E-state index >= 15 is 0 Å². The molecule has 6 heteroatoms. The lowest BCUT2D eigenvalue weighted by Gasteiger charge is -1.96. The molecule has 0 amide bonds. The van der Waals surface area contributed by atoms with Crippen LogP contribution in [0, 0.1) is 6.92 Å². The van der Waals surface area contributed by atoms with Crippen molar-refractivity contribution in [2.45, 2.75) is 11.8 Å². The smallest absolute Gasteiger partial charge is 0.241 e. The highest BCUT2D eigenvalue weighted by atomic mass is 32.2. The van der Waals surface area contributed by atoms with Gasteiger partial charge >= 0.3 is 0 Å². The van der Waals surface area contributed by atoms with Crippen molar-refractivity contribution < 1.29 is 12.8 Å². The summed E-state index contributed by atoms with van der Waals surface area (Å²) in [4.78, 5) is 3.97. The SMILES string of the molecule is Cc1nc2cccc(S(N)(=O)=O)c2o1. The van der Waals surface area contributed by atoms with Gasteiger partial charge in [-0.15, -0.1) is 0 Å². The van der Waals surface area contributed by atoms with Crippen LogP contribution in [0.15, 0.2) is 27.5 Å². The minimum absolute atomic E-state index is 0.0319. The molecule has 0 fully saturated rings. The molecule has 2 aromatic rings. The van der Waals surface area contributed by atoms with Crippen LogP contribution in [-0.4, -0.2) is 13.4 Å². The van der Waals surface area contributed by atoms with Crippen molar-refractivity contribution in [3.63, 3.8) is 0 Å². The van der Waals surface area contributed by atoms with Crippen molar-refractivity contribution in [3.05, 3.63) is 24.1 Å². The number of fused-ring (bicyclic) bond motifs is 1. The van der Waals surface area contributed by atoms with Gasteiger partial charge in [0.1, 0.15) is 10.4 Å². The summed E-state index contributed by atoms with van der Waals surface area (Å²) in [6.07, 6.45) is 0. The molecule has 0 saturated carbocycles. The molecule has 0 spiro atoms. The van der Waals surface area contributed by atoms with Gasteiger partial charge in [0.15, 0.2) is 11.5 Å². The van der Waals surface area contributed by atoms with Gasteiger partial charge in [-0.2, -0.15) is 0 Å². The summed E-state index contributed by atoms with van der Waals surface area (Å²) in [6.45, 7) is 1.65. The third-order valence-corrected chi connectivity index (χ3v) is 2.73. The summed E-state index contributed by atoms with van der Waals surface area (Å²) in [7, 11) is -3.75. The number of rotatable bonds is 1. The van der Waals surface area contributed by atoms with Gasteiger partial charge in [0.05, 0.1) is 0 Å². The number of nitrogens with zero attached hydrogens (tertiary/aromatic N) is 1. The predicted octanol–water partition coefficient (Wildman–Crippen LogP) is 0.784. The fraction of sp³-hybridized carbons (Fsp3) is 0.125. The highest BCUT2D eigenvalue weighted by Gasteiger charge is 2.15. The first-order valence-corrected chi connectivity index (χ1v) is 5.42. The number of primary sulfonamides is 1. The average Bonchev–Trinajstić information content (AvgIpc) is 2.41. The molecule has 74 valence electrons. The molecule has 0 radical (unpaired) electrons. The van der Waals surface area contributed by atoms with E-state index < -0.39 is 10.0 Å². The van der Waals surface area contributed by atoms with E-state index in [-0.39, 0.29) is 10.5 Å². The molecule has 0 aliphatic carbocycles. The zero-order valence-corrected chi connectivity index (χ0v) is 8.21. The van der Waals surface area contributed by atoms with Gasteiger partial charge in [-0.1, -0.05) is 6.07 Å². The Kier molecular flexibility index (Phi) is 1.83. The molecule has 0 unspecified atom stereocenters. The second-order valence-corrected chi connectivity index (χ2v) is 4.41. The van der Waals surface area contributed by atoms with Crippen molar-refractivity contribution in [2.24, 2.45) is 5.14 Å². The van der Waals surface area contributed by atoms with Crippen LogP contribution < -0.4 is 5.14 Å². The fourth-order valence-electron chi connectivity index (χ4n) is 1.26. The molecular weight excluding hydrogens is 204 g/mol. The number of hydrogen-bond donors (Lipinski definition) is 1. The second kappa shape index (κ2) is 2.79. The summed E-state index contributed by atoms with van der Waals surface area (Å²) >= 11 is 0. The quantitative estimate of drug-likeness (QED) is 0.756. The van der Waals surface area contributed by atoms with Crippen LogP contribution in [-0.2, 0) is 10.0 Å². The van der Waals surface area contributed by atoms with E-state index in [1.165, 1.54) is 6.07 Å². The summed E-state index contributed by atoms with van der Waals surface area (Å²) in [5.74, 6) is 0.413. The van der Waals surface area contributed by atoms with Gasteiger partial charge < -0.3 is 4.42 Å². The van der Waals surface area contributed by atoms with Gasteiger partial charge in [-0.3, -0.25) is 0 Å². The lowest BCUT2D eigenvalue weighted by Crippen LogP contribution is -2.12. The van der Waals surface area contributed by atoms with Crippen molar-refractivity contribution in [1.29, 1.82) is 0 Å². The van der Waals surface area contributed by atoms with Crippen molar-refractivity contribution in [1.82, 2.24) is 4.98 Å². The first-order chi connectivity index (χ1) is 6.48. The molecule has 2 rings (SSSR count). The number of oxazole rings is 1. The molecule has 0 bridgehead atoms. The fourth-order valence-corrected chi connectivity index (χ4v) is 1.93. The minimum Gasteiger partial charge on any atom is -0.440 e. The maximum atomic E-state index is 11.1. The lowest BCUT2D eigenvalue weighted by atomic mass is 10.3. The minimum atomic E-state index is -3.75. The summed E-state index contributed by atoms with van der Waals surface area (Å²) in [5.41, 5.74) is 0.710. The first-order valence-electron chi connectivity index (χ1n) is 3.87. The maximum Gasteiger partial charge on any atom is 0.241 e. The van der Waals surface area contributed by atoms with Crippen molar-refractivity contribution >= 4 is 21.1 Å². The monoisotopic (exact) mass is 212 g/mol. The Morgan fingerprint density at radius 2 is 2.14 bits per heavy atom. The Labute approximate surface area is 80.6 Å². The Bertz CT molecular complexity index is 586. The van der Waals surface area contributed by atoms with Crippen LogP contribution in [0.3, 0.4) is 0 Å². The number of hydrogen-bond acceptors (Lipinski definition) is 4. The predicted molar refractivity (Wildman–Crippen MR) is 50.1 cm³/mol. The zero-order chi connectivity index (χ0) is 10.3. The Balaban J connectivity index is 2.90. The molecule has 0 atom stereocenters. The molecule has 14 heavy (non-hydrogen) atoms. The van der Waals surface area contributed by atoms with Gasteiger partial charge in [0.25, 0.3) is 0 Å². The lowest BCUT2D eigenvalue weighted by molar-refractivity contribution is 0.551. The molecule has 0 aliphatic rings. The normalized spacial score (nSPS) is 12.1. The van der Waals surface area contributed by atoms with Crippen LogP contribution in [0.4, 0.5) is 0 Å². The van der Waals surface area contributed by atoms with Crippen LogP contribution in [0.5, 0.6) is 0 Å². The molecule has 5 nitrogen and oxygen atoms in total. The van der Waals surface area contributed by atoms with E-state index in [2.05, 4.69) is 4.98 Å². The molecule has 1 aromatic carbocycles. The standard InChI is InChI=1S/C8H8N2O3S/c1-5-10-6-3-2-4-7(8(6)13-5)14(9,11)12/h2-4H,1H3,(H2,9,11,12). The highest BCUT2D eigenvalue weighted by Crippen LogP contribution is 2.22. The van der Waals surface area contributed by atoms with Gasteiger partial charge in [-0.25, -0.2) is 18.5 Å². The topological polar surface area (TPSA) is 86.2 Å². The van der Waals surface area contributed by atoms with E-state index in [0.29, 0.717) is 11.4 Å². The van der Waals surface area contributed by atoms with E-state index in [9.17, 15) is 8.42 Å². The molecule has 1 aromatic heterocycles. The third kappa shape index (κ3) is 1.38. The average molecular weight is 212 g/mol. The number of aromatic nitrogens is 1. The van der Waals surface area contributed by atoms with Gasteiger partial charge in [0, 0.05) is 6.92 Å². The van der Waals surface area contributed by atoms with E-state index in [1.54, 1.807) is 19.1 Å². The molecule has 2 N–H and O–H groups in total. The van der Waals surface area contributed by atoms with Gasteiger partial charge in [-0.05, 0) is 12.1 Å². The van der Waals surface area contributed by atoms with E-state index in [4.69, 9.17) is 9.56 Å². The number of aryl methyl sites for hydroxylation is 1. The van der Waals surface area contributed by atoms with Crippen LogP contribution in [0.2, 0.25) is 0 Å². The maximum absolute atomic E-state index is 11.1. The number of sulfonamides is 1. The molecule has 1 heterocycles. The van der Waals surface area contributed by atoms with E-state index in [0.717, 1.165) is 0 Å². The Morgan fingerprint density at radius 3 is 2.79 bits per heavy atom. The second-order valence-electron chi connectivity index (χ2n) is 2.88. The number of benzene rings is 1. The first kappa shape index (κ1) is 9.17. The zero-order valence-electron chi connectivity index (χ0n) is 7.39. The largest absolute Gasteiger partial charge is 0.440 e. The summed E-state index contributed by atoms with van der Waals surface area (Å²) in [6, 6.07) is 4.63. The highest BCUT2D eigenvalue weighted by molar-refractivity contribution is 7.89. The Morgan fingerprint density at radius 1 is 1.43 bits per heavy atom. The number of para-hydroxylation sites is 1. The van der Waals surface area contributed by atoms with Crippen LogP contribution in [0.1, 0.15) is 5.89 Å². The van der Waals surface area contributed by atoms with Crippen LogP contribution in [0.25, 0.3) is 11.1 Å². The van der Waals surface area contributed by atoms with E-state index in [1.807, 2.05) is 0 Å².